The van der Waals surface area contributed by atoms with Gasteiger partial charge in [0.05, 0.1) is 5.56 Å². The number of anilines is 1. The van der Waals surface area contributed by atoms with E-state index in [4.69, 9.17) is 0 Å². The minimum Gasteiger partial charge on any atom is -0.322 e. The van der Waals surface area contributed by atoms with Gasteiger partial charge in [-0.25, -0.2) is 12.7 Å². The fourth-order valence-corrected chi connectivity index (χ4v) is 4.48. The van der Waals surface area contributed by atoms with Gasteiger partial charge in [0.2, 0.25) is 0 Å². The van der Waals surface area contributed by atoms with Gasteiger partial charge in [-0.3, -0.25) is 9.59 Å². The molecule has 2 amide bonds. The van der Waals surface area contributed by atoms with Crippen molar-refractivity contribution < 1.29 is 18.0 Å². The second-order valence-electron chi connectivity index (χ2n) is 5.96. The predicted octanol–water partition coefficient (Wildman–Crippen LogP) is 2.72. The van der Waals surface area contributed by atoms with Crippen LogP contribution in [0.3, 0.4) is 0 Å². The maximum Gasteiger partial charge on any atom is 0.268 e. The van der Waals surface area contributed by atoms with E-state index >= 15 is 0 Å². The van der Waals surface area contributed by atoms with Crippen LogP contribution in [0.15, 0.2) is 41.3 Å². The fraction of sp³-hybridized carbons (Fsp3) is 0.222. The van der Waals surface area contributed by atoms with E-state index < -0.39 is 21.8 Å². The Labute approximate surface area is 146 Å². The Kier molecular flexibility index (Phi) is 4.12. The molecule has 0 unspecified atom stereocenters. The van der Waals surface area contributed by atoms with E-state index in [1.807, 2.05) is 26.0 Å². The normalized spacial score (nSPS) is 15.2. The number of amides is 2. The summed E-state index contributed by atoms with van der Waals surface area (Å²) in [4.78, 5) is 24.5. The largest absolute Gasteiger partial charge is 0.322 e. The van der Waals surface area contributed by atoms with Crippen molar-refractivity contribution in [1.29, 1.82) is 0 Å². The zero-order chi connectivity index (χ0) is 18.4. The lowest BCUT2D eigenvalue weighted by molar-refractivity contribution is 0.0875. The molecular formula is C18H18N2O4S. The number of aryl methyl sites for hydroxylation is 2. The number of carbonyl (C=O) groups excluding carboxylic acids is 2. The Morgan fingerprint density at radius 1 is 1.12 bits per heavy atom. The van der Waals surface area contributed by atoms with E-state index in [1.54, 1.807) is 13.0 Å². The van der Waals surface area contributed by atoms with Crippen LogP contribution in [0.4, 0.5) is 5.69 Å². The van der Waals surface area contributed by atoms with E-state index in [-0.39, 0.29) is 22.6 Å². The van der Waals surface area contributed by atoms with Crippen molar-refractivity contribution in [2.75, 3.05) is 11.9 Å². The molecule has 6 nitrogen and oxygen atoms in total. The van der Waals surface area contributed by atoms with Crippen LogP contribution in [0, 0.1) is 13.8 Å². The molecule has 1 N–H and O–H groups in total. The summed E-state index contributed by atoms with van der Waals surface area (Å²) >= 11 is 0. The molecule has 1 heterocycles. The first kappa shape index (κ1) is 17.2. The molecule has 0 aliphatic carbocycles. The average Bonchev–Trinajstić information content (AvgIpc) is 2.75. The number of nitrogens with zero attached hydrogens (tertiary/aromatic N) is 1. The summed E-state index contributed by atoms with van der Waals surface area (Å²) in [5, 5.41) is 2.78. The number of rotatable bonds is 3. The molecule has 7 heteroatoms. The minimum atomic E-state index is -3.88. The third-order valence-electron chi connectivity index (χ3n) is 4.19. The molecule has 0 saturated carbocycles. The van der Waals surface area contributed by atoms with Crippen molar-refractivity contribution in [2.24, 2.45) is 0 Å². The Bertz CT molecular complexity index is 996. The third-order valence-corrected chi connectivity index (χ3v) is 6.08. The Hall–Kier alpha value is -2.67. The van der Waals surface area contributed by atoms with Crippen molar-refractivity contribution in [3.8, 4) is 0 Å². The predicted molar refractivity (Wildman–Crippen MR) is 94.2 cm³/mol. The number of benzene rings is 2. The van der Waals surface area contributed by atoms with Crippen LogP contribution in [0.2, 0.25) is 0 Å². The zero-order valence-electron chi connectivity index (χ0n) is 14.2. The van der Waals surface area contributed by atoms with Crippen molar-refractivity contribution in [3.63, 3.8) is 0 Å². The lowest BCUT2D eigenvalue weighted by Gasteiger charge is -2.11. The van der Waals surface area contributed by atoms with Gasteiger partial charge in [-0.1, -0.05) is 17.7 Å². The summed E-state index contributed by atoms with van der Waals surface area (Å²) in [5.41, 5.74) is 2.94. The zero-order valence-corrected chi connectivity index (χ0v) is 15.0. The first-order valence-electron chi connectivity index (χ1n) is 7.85. The van der Waals surface area contributed by atoms with Gasteiger partial charge in [-0.2, -0.15) is 0 Å². The van der Waals surface area contributed by atoms with Crippen molar-refractivity contribution in [1.82, 2.24) is 4.31 Å². The molecule has 1 aliphatic rings. The van der Waals surface area contributed by atoms with Crippen LogP contribution in [0.1, 0.15) is 38.8 Å². The highest BCUT2D eigenvalue weighted by Crippen LogP contribution is 2.31. The molecule has 3 rings (SSSR count). The average molecular weight is 358 g/mol. The summed E-state index contributed by atoms with van der Waals surface area (Å²) in [5.74, 6) is -0.980. The molecule has 0 aromatic heterocycles. The van der Waals surface area contributed by atoms with Gasteiger partial charge in [-0.05, 0) is 50.6 Å². The van der Waals surface area contributed by atoms with Gasteiger partial charge in [0, 0.05) is 17.8 Å². The summed E-state index contributed by atoms with van der Waals surface area (Å²) in [6.45, 7) is 5.49. The molecule has 1 aliphatic heterocycles. The van der Waals surface area contributed by atoms with Crippen LogP contribution >= 0.6 is 0 Å². The van der Waals surface area contributed by atoms with Crippen LogP contribution < -0.4 is 5.32 Å². The molecule has 0 radical (unpaired) electrons. The van der Waals surface area contributed by atoms with Gasteiger partial charge in [0.1, 0.15) is 4.90 Å². The molecule has 2 aromatic rings. The monoisotopic (exact) mass is 358 g/mol. The smallest absolute Gasteiger partial charge is 0.268 e. The standard InChI is InChI=1S/C18H18N2O4S/c1-4-20-18(22)14-7-6-13(10-16(14)25(20,23)24)17(21)19-15-8-5-11(2)9-12(15)3/h5-10H,4H2,1-3H3,(H,19,21). The molecule has 130 valence electrons. The SMILES string of the molecule is CCN1C(=O)c2ccc(C(=O)Nc3ccc(C)cc3C)cc2S1(=O)=O. The molecule has 0 saturated heterocycles. The van der Waals surface area contributed by atoms with E-state index in [0.29, 0.717) is 5.69 Å². The molecule has 0 bridgehead atoms. The minimum absolute atomic E-state index is 0.0555. The number of sulfonamides is 1. The highest BCUT2D eigenvalue weighted by atomic mass is 32.2. The summed E-state index contributed by atoms with van der Waals surface area (Å²) in [7, 11) is -3.88. The summed E-state index contributed by atoms with van der Waals surface area (Å²) in [6.07, 6.45) is 0. The van der Waals surface area contributed by atoms with Gasteiger partial charge in [0.15, 0.2) is 0 Å². The van der Waals surface area contributed by atoms with E-state index in [0.717, 1.165) is 15.4 Å². The second-order valence-corrected chi connectivity index (χ2v) is 7.79. The number of hydrogen-bond acceptors (Lipinski definition) is 4. The van der Waals surface area contributed by atoms with Gasteiger partial charge >= 0.3 is 0 Å². The first-order valence-corrected chi connectivity index (χ1v) is 9.29. The van der Waals surface area contributed by atoms with Crippen LogP contribution in [0.5, 0.6) is 0 Å². The fourth-order valence-electron chi connectivity index (χ4n) is 2.88. The lowest BCUT2D eigenvalue weighted by Crippen LogP contribution is -2.29. The maximum absolute atomic E-state index is 12.5. The van der Waals surface area contributed by atoms with Gasteiger partial charge < -0.3 is 5.32 Å². The Balaban J connectivity index is 1.96. The highest BCUT2D eigenvalue weighted by molar-refractivity contribution is 7.90. The van der Waals surface area contributed by atoms with Gasteiger partial charge in [-0.15, -0.1) is 0 Å². The topological polar surface area (TPSA) is 83.6 Å². The summed E-state index contributed by atoms with van der Waals surface area (Å²) in [6, 6.07) is 9.74. The molecule has 0 spiro atoms. The first-order chi connectivity index (χ1) is 11.8. The lowest BCUT2D eigenvalue weighted by atomic mass is 10.1. The third kappa shape index (κ3) is 2.80. The highest BCUT2D eigenvalue weighted by Gasteiger charge is 2.40. The van der Waals surface area contributed by atoms with Crippen LogP contribution in [-0.2, 0) is 10.0 Å². The van der Waals surface area contributed by atoms with Crippen LogP contribution in [0.25, 0.3) is 0 Å². The van der Waals surface area contributed by atoms with Crippen molar-refractivity contribution in [3.05, 3.63) is 58.7 Å². The van der Waals surface area contributed by atoms with E-state index in [1.165, 1.54) is 18.2 Å². The van der Waals surface area contributed by atoms with Crippen molar-refractivity contribution >= 4 is 27.5 Å². The van der Waals surface area contributed by atoms with E-state index in [9.17, 15) is 18.0 Å². The molecular weight excluding hydrogens is 340 g/mol. The second kappa shape index (κ2) is 6.00. The number of carbonyl (C=O) groups is 2. The summed E-state index contributed by atoms with van der Waals surface area (Å²) < 4.78 is 25.7. The Morgan fingerprint density at radius 2 is 1.84 bits per heavy atom. The van der Waals surface area contributed by atoms with Crippen molar-refractivity contribution in [2.45, 2.75) is 25.7 Å². The molecule has 2 aromatic carbocycles. The van der Waals surface area contributed by atoms with Gasteiger partial charge in [0.25, 0.3) is 21.8 Å². The van der Waals surface area contributed by atoms with E-state index in [2.05, 4.69) is 5.32 Å². The number of fused-ring (bicyclic) bond motifs is 1. The molecule has 0 atom stereocenters. The van der Waals surface area contributed by atoms with Crippen LogP contribution in [-0.4, -0.2) is 31.1 Å². The number of nitrogens with one attached hydrogen (secondary N) is 1. The number of hydrogen-bond donors (Lipinski definition) is 1. The molecule has 0 fully saturated rings. The molecule has 25 heavy (non-hydrogen) atoms. The maximum atomic E-state index is 12.5. The Morgan fingerprint density at radius 3 is 2.48 bits per heavy atom. The quantitative estimate of drug-likeness (QED) is 0.914.